The van der Waals surface area contributed by atoms with Crippen LogP contribution in [0.5, 0.6) is 0 Å². The van der Waals surface area contributed by atoms with Crippen LogP contribution in [0.15, 0.2) is 41.6 Å². The molecule has 6 heteroatoms. The summed E-state index contributed by atoms with van der Waals surface area (Å²) in [5.74, 6) is 0.212. The van der Waals surface area contributed by atoms with Crippen LogP contribution < -0.4 is 10.6 Å². The van der Waals surface area contributed by atoms with E-state index >= 15 is 0 Å². The lowest BCUT2D eigenvalue weighted by Gasteiger charge is -2.23. The Balaban J connectivity index is 2.53. The van der Waals surface area contributed by atoms with Gasteiger partial charge < -0.3 is 15.8 Å². The van der Waals surface area contributed by atoms with Gasteiger partial charge in [-0.2, -0.15) is 0 Å². The van der Waals surface area contributed by atoms with Gasteiger partial charge in [-0.25, -0.2) is 9.37 Å². The first-order valence-corrected chi connectivity index (χ1v) is 6.55. The van der Waals surface area contributed by atoms with E-state index in [4.69, 9.17) is 10.9 Å². The topological polar surface area (TPSA) is 74.7 Å². The van der Waals surface area contributed by atoms with Gasteiger partial charge in [-0.05, 0) is 38.1 Å². The van der Waals surface area contributed by atoms with Gasteiger partial charge in [0.15, 0.2) is 5.84 Å². The SMILES string of the molecule is CCN(c1cc(/C(N)=N/O)cc(C)n1)c1ccccc1F. The lowest BCUT2D eigenvalue weighted by Crippen LogP contribution is -2.21. The maximum atomic E-state index is 14.0. The van der Waals surface area contributed by atoms with Gasteiger partial charge in [0, 0.05) is 17.8 Å². The number of aromatic nitrogens is 1. The smallest absolute Gasteiger partial charge is 0.170 e. The number of benzene rings is 1. The highest BCUT2D eigenvalue weighted by Gasteiger charge is 2.14. The summed E-state index contributed by atoms with van der Waals surface area (Å²) >= 11 is 0. The number of aryl methyl sites for hydroxylation is 1. The van der Waals surface area contributed by atoms with Crippen molar-refractivity contribution < 1.29 is 9.60 Å². The van der Waals surface area contributed by atoms with Crippen molar-refractivity contribution in [2.75, 3.05) is 11.4 Å². The van der Waals surface area contributed by atoms with Gasteiger partial charge in [0.05, 0.1) is 5.69 Å². The van der Waals surface area contributed by atoms with Crippen LogP contribution in [0.4, 0.5) is 15.9 Å². The zero-order chi connectivity index (χ0) is 15.4. The normalized spacial score (nSPS) is 11.5. The van der Waals surface area contributed by atoms with Crippen LogP contribution in [0.3, 0.4) is 0 Å². The summed E-state index contributed by atoms with van der Waals surface area (Å²) in [6, 6.07) is 9.86. The van der Waals surface area contributed by atoms with Crippen molar-refractivity contribution in [3.8, 4) is 0 Å². The lowest BCUT2D eigenvalue weighted by atomic mass is 10.2. The largest absolute Gasteiger partial charge is 0.409 e. The van der Waals surface area contributed by atoms with Crippen LogP contribution in [0.1, 0.15) is 18.2 Å². The fraction of sp³-hybridized carbons (Fsp3) is 0.200. The van der Waals surface area contributed by atoms with Crippen molar-refractivity contribution in [1.82, 2.24) is 4.98 Å². The molecule has 1 aromatic heterocycles. The second-order valence-corrected chi connectivity index (χ2v) is 4.54. The zero-order valence-corrected chi connectivity index (χ0v) is 11.9. The van der Waals surface area contributed by atoms with Crippen LogP contribution in [0, 0.1) is 12.7 Å². The average molecular weight is 288 g/mol. The molecule has 0 unspecified atom stereocenters. The van der Waals surface area contributed by atoms with Gasteiger partial charge in [0.1, 0.15) is 11.6 Å². The van der Waals surface area contributed by atoms with Crippen molar-refractivity contribution in [1.29, 1.82) is 0 Å². The third-order valence-corrected chi connectivity index (χ3v) is 3.08. The van der Waals surface area contributed by atoms with E-state index in [1.54, 1.807) is 42.2 Å². The van der Waals surface area contributed by atoms with Gasteiger partial charge in [-0.1, -0.05) is 17.3 Å². The molecule has 5 nitrogen and oxygen atoms in total. The molecule has 2 aromatic rings. The lowest BCUT2D eigenvalue weighted by molar-refractivity contribution is 0.318. The van der Waals surface area contributed by atoms with E-state index in [0.29, 0.717) is 29.3 Å². The highest BCUT2D eigenvalue weighted by Crippen LogP contribution is 2.27. The van der Waals surface area contributed by atoms with Gasteiger partial charge >= 0.3 is 0 Å². The summed E-state index contributed by atoms with van der Waals surface area (Å²) in [4.78, 5) is 6.14. The molecule has 0 atom stereocenters. The number of amidine groups is 1. The van der Waals surface area contributed by atoms with E-state index in [-0.39, 0.29) is 11.7 Å². The second-order valence-electron chi connectivity index (χ2n) is 4.54. The molecule has 0 aliphatic carbocycles. The van der Waals surface area contributed by atoms with Crippen LogP contribution in [-0.2, 0) is 0 Å². The summed E-state index contributed by atoms with van der Waals surface area (Å²) in [7, 11) is 0. The molecular formula is C15H17FN4O. The molecule has 2 rings (SSSR count). The number of oxime groups is 1. The maximum Gasteiger partial charge on any atom is 0.170 e. The summed E-state index contributed by atoms with van der Waals surface area (Å²) in [6.45, 7) is 4.24. The Hall–Kier alpha value is -2.63. The number of hydrogen-bond donors (Lipinski definition) is 2. The Labute approximate surface area is 122 Å². The molecule has 0 aliphatic heterocycles. The quantitative estimate of drug-likeness (QED) is 0.392. The summed E-state index contributed by atoms with van der Waals surface area (Å²) in [5.41, 5.74) is 7.29. The Morgan fingerprint density at radius 2 is 2.10 bits per heavy atom. The number of rotatable bonds is 4. The molecule has 21 heavy (non-hydrogen) atoms. The number of pyridine rings is 1. The van der Waals surface area contributed by atoms with Crippen molar-refractivity contribution in [2.45, 2.75) is 13.8 Å². The first-order chi connectivity index (χ1) is 10.1. The highest BCUT2D eigenvalue weighted by atomic mass is 19.1. The summed E-state index contributed by atoms with van der Waals surface area (Å²) in [6.07, 6.45) is 0. The molecule has 1 heterocycles. The van der Waals surface area contributed by atoms with E-state index in [9.17, 15) is 4.39 Å². The Morgan fingerprint density at radius 1 is 1.38 bits per heavy atom. The first kappa shape index (κ1) is 14.8. The second kappa shape index (κ2) is 6.21. The van der Waals surface area contributed by atoms with Crippen LogP contribution in [0.2, 0.25) is 0 Å². The van der Waals surface area contributed by atoms with Crippen molar-refractivity contribution in [3.05, 3.63) is 53.5 Å². The van der Waals surface area contributed by atoms with Crippen molar-refractivity contribution >= 4 is 17.3 Å². The number of nitrogens with two attached hydrogens (primary N) is 1. The molecular weight excluding hydrogens is 271 g/mol. The summed E-state index contributed by atoms with van der Waals surface area (Å²) in [5, 5.41) is 11.8. The molecule has 0 radical (unpaired) electrons. The molecule has 0 spiro atoms. The van der Waals surface area contributed by atoms with E-state index in [2.05, 4.69) is 10.1 Å². The number of para-hydroxylation sites is 1. The predicted molar refractivity (Wildman–Crippen MR) is 80.6 cm³/mol. The molecule has 0 aliphatic rings. The average Bonchev–Trinajstić information content (AvgIpc) is 2.48. The molecule has 1 aromatic carbocycles. The summed E-state index contributed by atoms with van der Waals surface area (Å²) < 4.78 is 14.0. The molecule has 0 saturated carbocycles. The van der Waals surface area contributed by atoms with Crippen LogP contribution >= 0.6 is 0 Å². The van der Waals surface area contributed by atoms with Crippen LogP contribution in [-0.4, -0.2) is 22.6 Å². The van der Waals surface area contributed by atoms with Gasteiger partial charge in [0.2, 0.25) is 0 Å². The molecule has 0 saturated heterocycles. The fourth-order valence-corrected chi connectivity index (χ4v) is 2.12. The van der Waals surface area contributed by atoms with Crippen LogP contribution in [0.25, 0.3) is 0 Å². The monoisotopic (exact) mass is 288 g/mol. The predicted octanol–water partition coefficient (Wildman–Crippen LogP) is 2.78. The third-order valence-electron chi connectivity index (χ3n) is 3.08. The van der Waals surface area contributed by atoms with E-state index < -0.39 is 0 Å². The first-order valence-electron chi connectivity index (χ1n) is 6.55. The fourth-order valence-electron chi connectivity index (χ4n) is 2.12. The third kappa shape index (κ3) is 3.10. The minimum Gasteiger partial charge on any atom is -0.409 e. The molecule has 3 N–H and O–H groups in total. The minimum atomic E-state index is -0.326. The standard InChI is InChI=1S/C15H17FN4O/c1-3-20(13-7-5-4-6-12(13)16)14-9-11(15(17)19-21)8-10(2)18-14/h4-9,21H,3H2,1-2H3,(H2,17,19). The molecule has 0 bridgehead atoms. The minimum absolute atomic E-state index is 0.00802. The van der Waals surface area contributed by atoms with Gasteiger partial charge in [0.25, 0.3) is 0 Å². The van der Waals surface area contributed by atoms with Gasteiger partial charge in [-0.15, -0.1) is 0 Å². The van der Waals surface area contributed by atoms with Gasteiger partial charge in [-0.3, -0.25) is 0 Å². The number of hydrogen-bond acceptors (Lipinski definition) is 4. The number of halogens is 1. The van der Waals surface area contributed by atoms with E-state index in [0.717, 1.165) is 0 Å². The highest BCUT2D eigenvalue weighted by molar-refractivity contribution is 5.97. The zero-order valence-electron chi connectivity index (χ0n) is 11.9. The Morgan fingerprint density at radius 3 is 2.71 bits per heavy atom. The Kier molecular flexibility index (Phi) is 4.37. The number of anilines is 2. The van der Waals surface area contributed by atoms with E-state index in [1.807, 2.05) is 6.92 Å². The number of nitrogens with zero attached hydrogens (tertiary/aromatic N) is 3. The Bertz CT molecular complexity index is 672. The van der Waals surface area contributed by atoms with Crippen molar-refractivity contribution in [2.24, 2.45) is 10.9 Å². The molecule has 0 amide bonds. The molecule has 110 valence electrons. The molecule has 0 fully saturated rings. The maximum absolute atomic E-state index is 14.0. The van der Waals surface area contributed by atoms with Crippen molar-refractivity contribution in [3.63, 3.8) is 0 Å². The van der Waals surface area contributed by atoms with E-state index in [1.165, 1.54) is 6.07 Å².